The van der Waals surface area contributed by atoms with Gasteiger partial charge in [0.2, 0.25) is 5.69 Å². The minimum Gasteiger partial charge on any atom is -0.380 e. The van der Waals surface area contributed by atoms with E-state index >= 15 is 0 Å². The summed E-state index contributed by atoms with van der Waals surface area (Å²) in [6.07, 6.45) is -4.59. The van der Waals surface area contributed by atoms with E-state index in [0.29, 0.717) is 5.69 Å². The second-order valence-electron chi connectivity index (χ2n) is 3.56. The van der Waals surface area contributed by atoms with Gasteiger partial charge in [0.1, 0.15) is 0 Å². The number of aryl methyl sites for hydroxylation is 1. The van der Waals surface area contributed by atoms with Crippen LogP contribution in [0.3, 0.4) is 0 Å². The van der Waals surface area contributed by atoms with Gasteiger partial charge in [-0.3, -0.25) is 0 Å². The van der Waals surface area contributed by atoms with Crippen LogP contribution in [0.1, 0.15) is 11.3 Å². The highest BCUT2D eigenvalue weighted by Gasteiger charge is 2.37. The number of hydrogen-bond acceptors (Lipinski definition) is 3. The molecule has 1 aromatic carbocycles. The maximum absolute atomic E-state index is 12.4. The first-order valence-electron chi connectivity index (χ1n) is 4.75. The summed E-state index contributed by atoms with van der Waals surface area (Å²) in [5.74, 6) is -0.627. The van der Waals surface area contributed by atoms with Crippen molar-refractivity contribution in [1.29, 1.82) is 0 Å². The predicted octanol–water partition coefficient (Wildman–Crippen LogP) is 2.18. The molecule has 2 N–H and O–H groups in total. The molecule has 1 heterocycles. The molecule has 0 bridgehead atoms. The molecule has 2 aromatic rings. The molecule has 0 saturated heterocycles. The minimum absolute atomic E-state index is 0.429. The Balaban J connectivity index is 2.45. The Labute approximate surface area is 94.9 Å². The normalized spacial score (nSPS) is 11.8. The van der Waals surface area contributed by atoms with E-state index in [1.54, 1.807) is 24.3 Å². The highest BCUT2D eigenvalue weighted by Crippen LogP contribution is 2.31. The number of nitrogens with zero attached hydrogens (tertiary/aromatic N) is 3. The Morgan fingerprint density at radius 1 is 1.12 bits per heavy atom. The SMILES string of the molecule is Cc1ccc(-n2nc(N)c(C(F)(F)F)n2)cc1. The van der Waals surface area contributed by atoms with Gasteiger partial charge in [-0.2, -0.15) is 13.2 Å². The molecule has 17 heavy (non-hydrogen) atoms. The summed E-state index contributed by atoms with van der Waals surface area (Å²) in [5.41, 5.74) is 5.43. The lowest BCUT2D eigenvalue weighted by Crippen LogP contribution is -2.09. The Morgan fingerprint density at radius 3 is 2.18 bits per heavy atom. The molecular formula is C10H9F3N4. The zero-order chi connectivity index (χ0) is 12.6. The van der Waals surface area contributed by atoms with Gasteiger partial charge in [0.15, 0.2) is 5.82 Å². The van der Waals surface area contributed by atoms with Gasteiger partial charge in [0.05, 0.1) is 5.69 Å². The minimum atomic E-state index is -4.59. The lowest BCUT2D eigenvalue weighted by molar-refractivity contribution is -0.140. The quantitative estimate of drug-likeness (QED) is 0.833. The van der Waals surface area contributed by atoms with E-state index in [9.17, 15) is 13.2 Å². The summed E-state index contributed by atoms with van der Waals surface area (Å²) in [6, 6.07) is 6.74. The molecule has 0 saturated carbocycles. The summed E-state index contributed by atoms with van der Waals surface area (Å²) in [4.78, 5) is 0.873. The van der Waals surface area contributed by atoms with Gasteiger partial charge in [-0.1, -0.05) is 17.7 Å². The molecule has 0 aliphatic carbocycles. The van der Waals surface area contributed by atoms with Gasteiger partial charge in [-0.15, -0.1) is 15.0 Å². The van der Waals surface area contributed by atoms with Crippen LogP contribution in [-0.4, -0.2) is 15.0 Å². The number of rotatable bonds is 1. The standard InChI is InChI=1S/C10H9F3N4/c1-6-2-4-7(5-3-6)17-15-8(9(14)16-17)10(11,12)13/h2-5H,1H3,(H2,14,16). The van der Waals surface area contributed by atoms with Crippen molar-refractivity contribution >= 4 is 5.82 Å². The van der Waals surface area contributed by atoms with E-state index in [2.05, 4.69) is 10.2 Å². The molecule has 7 heteroatoms. The number of aromatic nitrogens is 3. The molecule has 2 rings (SSSR count). The first-order chi connectivity index (χ1) is 7.88. The van der Waals surface area contributed by atoms with Crippen LogP contribution < -0.4 is 5.73 Å². The van der Waals surface area contributed by atoms with Crippen molar-refractivity contribution in [2.24, 2.45) is 0 Å². The molecular weight excluding hydrogens is 233 g/mol. The molecule has 4 nitrogen and oxygen atoms in total. The van der Waals surface area contributed by atoms with Crippen molar-refractivity contribution in [1.82, 2.24) is 15.0 Å². The Hall–Kier alpha value is -2.05. The summed E-state index contributed by atoms with van der Waals surface area (Å²) < 4.78 is 37.3. The summed E-state index contributed by atoms with van der Waals surface area (Å²) in [5, 5.41) is 6.88. The van der Waals surface area contributed by atoms with Crippen LogP contribution >= 0.6 is 0 Å². The van der Waals surface area contributed by atoms with Crippen LogP contribution in [0.25, 0.3) is 5.69 Å². The average molecular weight is 242 g/mol. The third kappa shape index (κ3) is 2.22. The lowest BCUT2D eigenvalue weighted by atomic mass is 10.2. The van der Waals surface area contributed by atoms with Crippen molar-refractivity contribution in [3.05, 3.63) is 35.5 Å². The number of nitrogen functional groups attached to an aromatic ring is 1. The number of nitrogens with two attached hydrogens (primary N) is 1. The highest BCUT2D eigenvalue weighted by atomic mass is 19.4. The summed E-state index contributed by atoms with van der Waals surface area (Å²) >= 11 is 0. The lowest BCUT2D eigenvalue weighted by Gasteiger charge is -2.01. The molecule has 0 aliphatic rings. The predicted molar refractivity (Wildman–Crippen MR) is 55.5 cm³/mol. The molecule has 0 fully saturated rings. The van der Waals surface area contributed by atoms with Gasteiger partial charge in [0.25, 0.3) is 0 Å². The third-order valence-electron chi connectivity index (χ3n) is 2.17. The van der Waals surface area contributed by atoms with Gasteiger partial charge in [-0.25, -0.2) is 0 Å². The van der Waals surface area contributed by atoms with E-state index in [-0.39, 0.29) is 0 Å². The molecule has 1 aromatic heterocycles. The maximum Gasteiger partial charge on any atom is 0.438 e. The average Bonchev–Trinajstić information content (AvgIpc) is 2.61. The zero-order valence-corrected chi connectivity index (χ0v) is 8.86. The molecule has 0 spiro atoms. The highest BCUT2D eigenvalue weighted by molar-refractivity contribution is 5.38. The second-order valence-corrected chi connectivity index (χ2v) is 3.56. The summed E-state index contributed by atoms with van der Waals surface area (Å²) in [6.45, 7) is 1.87. The van der Waals surface area contributed by atoms with Crippen LogP contribution in [0.15, 0.2) is 24.3 Å². The van der Waals surface area contributed by atoms with E-state index in [0.717, 1.165) is 10.4 Å². The van der Waals surface area contributed by atoms with E-state index < -0.39 is 17.7 Å². The smallest absolute Gasteiger partial charge is 0.380 e. The van der Waals surface area contributed by atoms with Crippen molar-refractivity contribution in [2.75, 3.05) is 5.73 Å². The fraction of sp³-hybridized carbons (Fsp3) is 0.200. The van der Waals surface area contributed by atoms with Crippen LogP contribution in [0.4, 0.5) is 19.0 Å². The Morgan fingerprint density at radius 2 is 1.71 bits per heavy atom. The van der Waals surface area contributed by atoms with Crippen molar-refractivity contribution in [3.63, 3.8) is 0 Å². The molecule has 0 unspecified atom stereocenters. The van der Waals surface area contributed by atoms with Gasteiger partial charge >= 0.3 is 6.18 Å². The van der Waals surface area contributed by atoms with Crippen molar-refractivity contribution < 1.29 is 13.2 Å². The first kappa shape index (κ1) is 11.4. The van der Waals surface area contributed by atoms with Crippen LogP contribution in [-0.2, 0) is 6.18 Å². The maximum atomic E-state index is 12.4. The molecule has 0 atom stereocenters. The number of halogens is 3. The number of alkyl halides is 3. The topological polar surface area (TPSA) is 56.7 Å². The van der Waals surface area contributed by atoms with Gasteiger partial charge < -0.3 is 5.73 Å². The monoisotopic (exact) mass is 242 g/mol. The van der Waals surface area contributed by atoms with E-state index in [1.165, 1.54) is 0 Å². The molecule has 0 radical (unpaired) electrons. The van der Waals surface area contributed by atoms with Crippen LogP contribution in [0.2, 0.25) is 0 Å². The molecule has 0 amide bonds. The zero-order valence-electron chi connectivity index (χ0n) is 8.86. The van der Waals surface area contributed by atoms with Crippen molar-refractivity contribution in [2.45, 2.75) is 13.1 Å². The number of hydrogen-bond donors (Lipinski definition) is 1. The third-order valence-corrected chi connectivity index (χ3v) is 2.17. The largest absolute Gasteiger partial charge is 0.438 e. The first-order valence-corrected chi connectivity index (χ1v) is 4.75. The fourth-order valence-electron chi connectivity index (χ4n) is 1.31. The van der Waals surface area contributed by atoms with Crippen molar-refractivity contribution in [3.8, 4) is 5.69 Å². The van der Waals surface area contributed by atoms with Gasteiger partial charge in [-0.05, 0) is 19.1 Å². The second kappa shape index (κ2) is 3.76. The van der Waals surface area contributed by atoms with Crippen LogP contribution in [0.5, 0.6) is 0 Å². The fourth-order valence-corrected chi connectivity index (χ4v) is 1.31. The molecule has 0 aliphatic heterocycles. The van der Waals surface area contributed by atoms with Crippen LogP contribution in [0, 0.1) is 6.92 Å². The molecule has 90 valence electrons. The summed E-state index contributed by atoms with van der Waals surface area (Å²) in [7, 11) is 0. The Bertz CT molecular complexity index is 527. The number of anilines is 1. The van der Waals surface area contributed by atoms with E-state index in [4.69, 9.17) is 5.73 Å². The van der Waals surface area contributed by atoms with E-state index in [1.807, 2.05) is 6.92 Å². The van der Waals surface area contributed by atoms with Gasteiger partial charge in [0, 0.05) is 0 Å². The Kier molecular flexibility index (Phi) is 2.53. The number of benzene rings is 1.